The zero-order chi connectivity index (χ0) is 25.8. The summed E-state index contributed by atoms with van der Waals surface area (Å²) < 4.78 is 30.8. The molecular formula is C27H26FN3O5. The minimum atomic E-state index is -1.01. The molecule has 0 spiro atoms. The van der Waals surface area contributed by atoms with Crippen LogP contribution in [0.2, 0.25) is 0 Å². The van der Waals surface area contributed by atoms with Crippen LogP contribution in [0.25, 0.3) is 0 Å². The number of nitrogens with zero attached hydrogens (tertiary/aromatic N) is 2. The molecule has 9 heteroatoms. The second kappa shape index (κ2) is 10.5. The Hall–Kier alpha value is -4.32. The van der Waals surface area contributed by atoms with Crippen LogP contribution in [0, 0.1) is 17.1 Å². The van der Waals surface area contributed by atoms with Gasteiger partial charge in [0.15, 0.2) is 0 Å². The van der Waals surface area contributed by atoms with Crippen molar-refractivity contribution in [3.05, 3.63) is 82.6 Å². The van der Waals surface area contributed by atoms with Gasteiger partial charge >= 0.3 is 11.9 Å². The van der Waals surface area contributed by atoms with E-state index in [0.717, 1.165) is 43.8 Å². The average Bonchev–Trinajstić information content (AvgIpc) is 3.41. The van der Waals surface area contributed by atoms with Gasteiger partial charge in [-0.3, -0.25) is 4.90 Å². The average molecular weight is 492 g/mol. The zero-order valence-corrected chi connectivity index (χ0v) is 20.0. The van der Waals surface area contributed by atoms with Crippen molar-refractivity contribution in [3.63, 3.8) is 0 Å². The van der Waals surface area contributed by atoms with Gasteiger partial charge in [-0.1, -0.05) is 30.3 Å². The maximum Gasteiger partial charge on any atom is 0.355 e. The summed E-state index contributed by atoms with van der Waals surface area (Å²) in [5, 5.41) is 10.2. The Morgan fingerprint density at radius 2 is 1.72 bits per heavy atom. The van der Waals surface area contributed by atoms with E-state index in [4.69, 9.17) is 19.9 Å². The molecule has 2 N–H and O–H groups in total. The summed E-state index contributed by atoms with van der Waals surface area (Å²) in [6.07, 6.45) is 3.57. The minimum Gasteiger partial charge on any atom is -0.488 e. The third-order valence-corrected chi connectivity index (χ3v) is 6.37. The summed E-state index contributed by atoms with van der Waals surface area (Å²) in [5.74, 6) is -3.30. The molecule has 2 aromatic rings. The Morgan fingerprint density at radius 1 is 1.06 bits per heavy atom. The molecule has 186 valence electrons. The van der Waals surface area contributed by atoms with Crippen LogP contribution in [-0.4, -0.2) is 32.3 Å². The molecule has 1 saturated carbocycles. The lowest BCUT2D eigenvalue weighted by Crippen LogP contribution is -2.41. The number of anilines is 1. The van der Waals surface area contributed by atoms with Gasteiger partial charge in [0, 0.05) is 6.07 Å². The monoisotopic (exact) mass is 491 g/mol. The number of halogens is 1. The van der Waals surface area contributed by atoms with Crippen LogP contribution in [0.15, 0.2) is 71.2 Å². The number of esters is 2. The number of hydrogen-bond donors (Lipinski definition) is 1. The highest BCUT2D eigenvalue weighted by molar-refractivity contribution is 6.06. The number of nitriles is 1. The maximum atomic E-state index is 14.6. The molecular weight excluding hydrogens is 465 g/mol. The molecule has 1 heterocycles. The van der Waals surface area contributed by atoms with E-state index in [1.165, 1.54) is 19.2 Å². The highest BCUT2D eigenvalue weighted by Gasteiger charge is 2.43. The first-order valence-corrected chi connectivity index (χ1v) is 11.5. The lowest BCUT2D eigenvalue weighted by molar-refractivity contribution is -0.139. The van der Waals surface area contributed by atoms with Crippen LogP contribution in [0.4, 0.5) is 10.1 Å². The van der Waals surface area contributed by atoms with Crippen molar-refractivity contribution in [1.29, 1.82) is 5.26 Å². The normalized spacial score (nSPS) is 18.2. The van der Waals surface area contributed by atoms with Gasteiger partial charge in [-0.05, 0) is 43.4 Å². The number of benzene rings is 2. The highest BCUT2D eigenvalue weighted by atomic mass is 19.1. The van der Waals surface area contributed by atoms with Crippen molar-refractivity contribution in [2.75, 3.05) is 19.1 Å². The predicted octanol–water partition coefficient (Wildman–Crippen LogP) is 4.04. The van der Waals surface area contributed by atoms with Crippen molar-refractivity contribution in [2.45, 2.75) is 37.7 Å². The SMILES string of the molecule is COC(=O)C1=C(C(=O)OC)N(c2cc(F)ccc2OC2CCCC2)C(N)=C(C#N)C1c1ccccc1. The zero-order valence-electron chi connectivity index (χ0n) is 20.0. The number of carbonyl (C=O) groups excluding carboxylic acids is 2. The van der Waals surface area contributed by atoms with E-state index in [1.54, 1.807) is 30.3 Å². The predicted molar refractivity (Wildman–Crippen MR) is 129 cm³/mol. The Balaban J connectivity index is 2.01. The minimum absolute atomic E-state index is 0.00895. The second-order valence-electron chi connectivity index (χ2n) is 8.47. The number of carbonyl (C=O) groups is 2. The Bertz CT molecular complexity index is 1280. The lowest BCUT2D eigenvalue weighted by Gasteiger charge is -2.36. The van der Waals surface area contributed by atoms with E-state index in [9.17, 15) is 19.2 Å². The number of allylic oxidation sites excluding steroid dienone is 1. The number of rotatable bonds is 6. The van der Waals surface area contributed by atoms with Crippen molar-refractivity contribution in [1.82, 2.24) is 0 Å². The van der Waals surface area contributed by atoms with Crippen molar-refractivity contribution in [3.8, 4) is 11.8 Å². The van der Waals surface area contributed by atoms with Gasteiger partial charge < -0.3 is 19.9 Å². The van der Waals surface area contributed by atoms with Crippen LogP contribution >= 0.6 is 0 Å². The van der Waals surface area contributed by atoms with Gasteiger partial charge in [-0.25, -0.2) is 14.0 Å². The summed E-state index contributed by atoms with van der Waals surface area (Å²) in [5.41, 5.74) is 6.68. The third kappa shape index (κ3) is 4.50. The first kappa shape index (κ1) is 24.8. The molecule has 36 heavy (non-hydrogen) atoms. The topological polar surface area (TPSA) is 115 Å². The Kier molecular flexibility index (Phi) is 7.25. The van der Waals surface area contributed by atoms with Crippen molar-refractivity contribution >= 4 is 17.6 Å². The molecule has 0 aromatic heterocycles. The van der Waals surface area contributed by atoms with E-state index in [-0.39, 0.29) is 40.2 Å². The molecule has 0 amide bonds. The number of ether oxygens (including phenoxy) is 3. The van der Waals surface area contributed by atoms with Gasteiger partial charge in [-0.15, -0.1) is 0 Å². The summed E-state index contributed by atoms with van der Waals surface area (Å²) in [6, 6.07) is 14.6. The number of methoxy groups -OCH3 is 2. The van der Waals surface area contributed by atoms with Crippen LogP contribution in [0.3, 0.4) is 0 Å². The second-order valence-corrected chi connectivity index (χ2v) is 8.47. The fraction of sp³-hybridized carbons (Fsp3) is 0.296. The summed E-state index contributed by atoms with van der Waals surface area (Å²) in [4.78, 5) is 27.5. The van der Waals surface area contributed by atoms with E-state index >= 15 is 0 Å². The molecule has 2 aliphatic rings. The van der Waals surface area contributed by atoms with E-state index in [2.05, 4.69) is 6.07 Å². The highest BCUT2D eigenvalue weighted by Crippen LogP contribution is 2.45. The fourth-order valence-corrected chi connectivity index (χ4v) is 4.71. The number of hydrogen-bond acceptors (Lipinski definition) is 8. The Morgan fingerprint density at radius 3 is 2.33 bits per heavy atom. The molecule has 1 fully saturated rings. The molecule has 1 aliphatic carbocycles. The maximum absolute atomic E-state index is 14.6. The lowest BCUT2D eigenvalue weighted by atomic mass is 9.81. The summed E-state index contributed by atoms with van der Waals surface area (Å²) in [7, 11) is 2.32. The van der Waals surface area contributed by atoms with Gasteiger partial charge in [0.25, 0.3) is 0 Å². The van der Waals surface area contributed by atoms with Crippen LogP contribution < -0.4 is 15.4 Å². The van der Waals surface area contributed by atoms with E-state index in [1.807, 2.05) is 0 Å². The molecule has 4 rings (SSSR count). The molecule has 8 nitrogen and oxygen atoms in total. The third-order valence-electron chi connectivity index (χ3n) is 6.37. The molecule has 0 radical (unpaired) electrons. The molecule has 2 aromatic carbocycles. The van der Waals surface area contributed by atoms with Gasteiger partial charge in [0.1, 0.15) is 23.1 Å². The van der Waals surface area contributed by atoms with Crippen molar-refractivity contribution < 1.29 is 28.2 Å². The Labute approximate surface area is 208 Å². The smallest absolute Gasteiger partial charge is 0.355 e. The quantitative estimate of drug-likeness (QED) is 0.602. The molecule has 0 saturated heterocycles. The van der Waals surface area contributed by atoms with Crippen molar-refractivity contribution in [2.24, 2.45) is 5.73 Å². The molecule has 0 bridgehead atoms. The summed E-state index contributed by atoms with van der Waals surface area (Å²) >= 11 is 0. The first-order chi connectivity index (χ1) is 17.4. The fourth-order valence-electron chi connectivity index (χ4n) is 4.71. The number of nitrogens with two attached hydrogens (primary N) is 1. The van der Waals surface area contributed by atoms with E-state index < -0.39 is 23.7 Å². The van der Waals surface area contributed by atoms with Gasteiger partial charge in [0.2, 0.25) is 0 Å². The largest absolute Gasteiger partial charge is 0.488 e. The first-order valence-electron chi connectivity index (χ1n) is 11.5. The van der Waals surface area contributed by atoms with Gasteiger partial charge in [0.05, 0.1) is 49.1 Å². The molecule has 1 atom stereocenters. The van der Waals surface area contributed by atoms with Crippen LogP contribution in [0.5, 0.6) is 5.75 Å². The van der Waals surface area contributed by atoms with Crippen LogP contribution in [-0.2, 0) is 19.1 Å². The standard InChI is InChI=1S/C27H26FN3O5/c1-34-26(32)23-22(16-8-4-3-5-9-16)19(15-29)25(30)31(24(23)27(33)35-2)20-14-17(28)12-13-21(20)36-18-10-6-7-11-18/h3-5,8-9,12-14,18,22H,6-7,10-11,30H2,1-2H3. The van der Waals surface area contributed by atoms with E-state index in [0.29, 0.717) is 5.56 Å². The van der Waals surface area contributed by atoms with Gasteiger partial charge in [-0.2, -0.15) is 5.26 Å². The molecule has 1 unspecified atom stereocenters. The summed E-state index contributed by atoms with van der Waals surface area (Å²) in [6.45, 7) is 0. The van der Waals surface area contributed by atoms with Crippen LogP contribution in [0.1, 0.15) is 37.2 Å². The molecule has 1 aliphatic heterocycles.